The Kier molecular flexibility index (Phi) is 6.40. The number of hydrogen-bond acceptors (Lipinski definition) is 4. The standard InChI is InChI=1S/C29H33ClN6O2/c1-29(2)25-23(26(33-32-25)31-27(37)22-12-6-7-13-24(22)30)18-36(29)28(38)35-17-20-11-8-14-34(20)16-21(35)15-19-9-4-3-5-10-19/h3-7,9-10,12-13,20-21H,8,11,14-18H2,1-2H3,(H2,31,32,33,37)/t20-,21-/m0/s1. The van der Waals surface area contributed by atoms with E-state index in [1.165, 1.54) is 12.0 Å². The maximum atomic E-state index is 14.3. The van der Waals surface area contributed by atoms with Crippen LogP contribution in [0.1, 0.15) is 53.9 Å². The van der Waals surface area contributed by atoms with E-state index in [9.17, 15) is 9.59 Å². The summed E-state index contributed by atoms with van der Waals surface area (Å²) in [6, 6.07) is 17.9. The molecule has 2 atom stereocenters. The number of piperazine rings is 1. The van der Waals surface area contributed by atoms with Crippen molar-refractivity contribution in [3.05, 3.63) is 82.0 Å². The highest BCUT2D eigenvalue weighted by Gasteiger charge is 2.48. The SMILES string of the molecule is CC1(C)c2[nH]nc(NC(=O)c3ccccc3Cl)c2CN1C(=O)N1C[C@@H]2CCCN2C[C@@H]1Cc1ccccc1. The van der Waals surface area contributed by atoms with Crippen LogP contribution in [0.15, 0.2) is 54.6 Å². The van der Waals surface area contributed by atoms with Gasteiger partial charge in [0.05, 0.1) is 34.4 Å². The number of amides is 3. The van der Waals surface area contributed by atoms with Crippen molar-refractivity contribution in [3.8, 4) is 0 Å². The maximum absolute atomic E-state index is 14.3. The molecule has 38 heavy (non-hydrogen) atoms. The van der Waals surface area contributed by atoms with Gasteiger partial charge in [-0.1, -0.05) is 54.1 Å². The number of hydrogen-bond donors (Lipinski definition) is 2. The number of aromatic nitrogens is 2. The summed E-state index contributed by atoms with van der Waals surface area (Å²) in [7, 11) is 0. The lowest BCUT2D eigenvalue weighted by Crippen LogP contribution is -2.62. The normalized spacial score (nSPS) is 22.3. The van der Waals surface area contributed by atoms with Crippen LogP contribution in [0.3, 0.4) is 0 Å². The van der Waals surface area contributed by atoms with Gasteiger partial charge < -0.3 is 15.1 Å². The second kappa shape index (κ2) is 9.75. The third-order valence-electron chi connectivity index (χ3n) is 8.40. The van der Waals surface area contributed by atoms with Crippen LogP contribution in [0, 0.1) is 0 Å². The van der Waals surface area contributed by atoms with Crippen molar-refractivity contribution in [2.24, 2.45) is 0 Å². The molecular weight excluding hydrogens is 500 g/mol. The van der Waals surface area contributed by atoms with E-state index in [4.69, 9.17) is 11.6 Å². The van der Waals surface area contributed by atoms with Gasteiger partial charge in [0.25, 0.3) is 5.91 Å². The number of H-pyrrole nitrogens is 1. The van der Waals surface area contributed by atoms with E-state index in [-0.39, 0.29) is 18.0 Å². The van der Waals surface area contributed by atoms with Crippen molar-refractivity contribution < 1.29 is 9.59 Å². The molecule has 3 aromatic rings. The van der Waals surface area contributed by atoms with Gasteiger partial charge in [-0.3, -0.25) is 14.8 Å². The van der Waals surface area contributed by atoms with Crippen LogP contribution in [0.25, 0.3) is 0 Å². The van der Waals surface area contributed by atoms with Crippen LogP contribution >= 0.6 is 11.6 Å². The second-order valence-corrected chi connectivity index (χ2v) is 11.5. The molecule has 2 N–H and O–H groups in total. The molecule has 0 bridgehead atoms. The number of carbonyl (C=O) groups excluding carboxylic acids is 2. The average Bonchev–Trinajstić information content (AvgIpc) is 3.60. The Labute approximate surface area is 227 Å². The summed E-state index contributed by atoms with van der Waals surface area (Å²) in [6.45, 7) is 7.19. The van der Waals surface area contributed by atoms with Gasteiger partial charge >= 0.3 is 6.03 Å². The monoisotopic (exact) mass is 532 g/mol. The Morgan fingerprint density at radius 1 is 1.11 bits per heavy atom. The zero-order valence-electron chi connectivity index (χ0n) is 21.8. The van der Waals surface area contributed by atoms with Crippen LogP contribution in [0.4, 0.5) is 10.6 Å². The minimum absolute atomic E-state index is 0.0375. The molecule has 0 aliphatic carbocycles. The summed E-state index contributed by atoms with van der Waals surface area (Å²) in [5.41, 5.74) is 2.71. The highest BCUT2D eigenvalue weighted by molar-refractivity contribution is 6.34. The number of aromatic amines is 1. The van der Waals surface area contributed by atoms with Crippen molar-refractivity contribution in [3.63, 3.8) is 0 Å². The van der Waals surface area contributed by atoms with Crippen LogP contribution in [-0.4, -0.2) is 68.6 Å². The first-order chi connectivity index (χ1) is 18.3. The van der Waals surface area contributed by atoms with E-state index in [0.29, 0.717) is 29.0 Å². The highest BCUT2D eigenvalue weighted by atomic mass is 35.5. The smallest absolute Gasteiger partial charge is 0.318 e. The van der Waals surface area contributed by atoms with Gasteiger partial charge in [0.1, 0.15) is 0 Å². The summed E-state index contributed by atoms with van der Waals surface area (Å²) in [6.07, 6.45) is 3.15. The predicted octanol–water partition coefficient (Wildman–Crippen LogP) is 4.88. The molecule has 2 aromatic carbocycles. The fourth-order valence-electron chi connectivity index (χ4n) is 6.28. The zero-order chi connectivity index (χ0) is 26.4. The molecule has 9 heteroatoms. The third-order valence-corrected chi connectivity index (χ3v) is 8.73. The van der Waals surface area contributed by atoms with Gasteiger partial charge in [0.15, 0.2) is 5.82 Å². The van der Waals surface area contributed by atoms with Gasteiger partial charge in [0.2, 0.25) is 0 Å². The molecule has 3 amide bonds. The molecule has 4 heterocycles. The molecule has 6 rings (SSSR count). The lowest BCUT2D eigenvalue weighted by Gasteiger charge is -2.46. The topological polar surface area (TPSA) is 84.6 Å². The number of benzene rings is 2. The van der Waals surface area contributed by atoms with E-state index in [0.717, 1.165) is 43.7 Å². The minimum atomic E-state index is -0.600. The first-order valence-electron chi connectivity index (χ1n) is 13.3. The highest BCUT2D eigenvalue weighted by Crippen LogP contribution is 2.42. The first kappa shape index (κ1) is 24.9. The lowest BCUT2D eigenvalue weighted by molar-refractivity contribution is 0.0400. The fourth-order valence-corrected chi connectivity index (χ4v) is 6.51. The largest absolute Gasteiger partial charge is 0.321 e. The van der Waals surface area contributed by atoms with Crippen LogP contribution in [-0.2, 0) is 18.5 Å². The van der Waals surface area contributed by atoms with Crippen molar-refractivity contribution in [1.82, 2.24) is 24.9 Å². The Morgan fingerprint density at radius 3 is 2.66 bits per heavy atom. The molecule has 3 aliphatic heterocycles. The molecule has 8 nitrogen and oxygen atoms in total. The predicted molar refractivity (Wildman–Crippen MR) is 147 cm³/mol. The van der Waals surface area contributed by atoms with Gasteiger partial charge in [-0.25, -0.2) is 4.79 Å². The van der Waals surface area contributed by atoms with E-state index in [1.54, 1.807) is 24.3 Å². The number of nitrogens with one attached hydrogen (secondary N) is 2. The van der Waals surface area contributed by atoms with E-state index < -0.39 is 5.54 Å². The van der Waals surface area contributed by atoms with E-state index >= 15 is 0 Å². The van der Waals surface area contributed by atoms with Gasteiger partial charge in [-0.05, 0) is 57.4 Å². The molecule has 0 radical (unpaired) electrons. The number of anilines is 1. The van der Waals surface area contributed by atoms with Gasteiger partial charge in [-0.15, -0.1) is 0 Å². The van der Waals surface area contributed by atoms with Gasteiger partial charge in [-0.2, -0.15) is 5.10 Å². The molecule has 198 valence electrons. The van der Waals surface area contributed by atoms with Crippen molar-refractivity contribution in [1.29, 1.82) is 0 Å². The summed E-state index contributed by atoms with van der Waals surface area (Å²) < 4.78 is 0. The number of fused-ring (bicyclic) bond motifs is 2. The minimum Gasteiger partial charge on any atom is -0.318 e. The average molecular weight is 533 g/mol. The lowest BCUT2D eigenvalue weighted by atomic mass is 9.99. The summed E-state index contributed by atoms with van der Waals surface area (Å²) >= 11 is 6.23. The molecule has 2 fully saturated rings. The molecule has 0 saturated carbocycles. The van der Waals surface area contributed by atoms with Crippen LogP contribution < -0.4 is 5.32 Å². The number of halogens is 1. The second-order valence-electron chi connectivity index (χ2n) is 11.1. The first-order valence-corrected chi connectivity index (χ1v) is 13.7. The number of rotatable bonds is 4. The Hall–Kier alpha value is -3.36. The van der Waals surface area contributed by atoms with E-state index in [2.05, 4.69) is 49.6 Å². The van der Waals surface area contributed by atoms with E-state index in [1.807, 2.05) is 24.8 Å². The molecule has 0 spiro atoms. The Balaban J connectivity index is 1.24. The molecule has 2 saturated heterocycles. The summed E-state index contributed by atoms with van der Waals surface area (Å²) in [5.74, 6) is 0.113. The van der Waals surface area contributed by atoms with Crippen molar-refractivity contribution in [2.45, 2.75) is 57.3 Å². The number of urea groups is 1. The van der Waals surface area contributed by atoms with Crippen LogP contribution in [0.2, 0.25) is 5.02 Å². The number of carbonyl (C=O) groups is 2. The molecular formula is C29H33ClN6O2. The van der Waals surface area contributed by atoms with Crippen molar-refractivity contribution >= 4 is 29.4 Å². The van der Waals surface area contributed by atoms with Gasteiger partial charge in [0, 0.05) is 24.7 Å². The molecule has 1 aromatic heterocycles. The zero-order valence-corrected chi connectivity index (χ0v) is 22.5. The molecule has 3 aliphatic rings. The maximum Gasteiger partial charge on any atom is 0.321 e. The quantitative estimate of drug-likeness (QED) is 0.501. The fraction of sp³-hybridized carbons (Fsp3) is 0.414. The third kappa shape index (κ3) is 4.35. The Bertz CT molecular complexity index is 1360. The Morgan fingerprint density at radius 2 is 1.87 bits per heavy atom. The van der Waals surface area contributed by atoms with Crippen molar-refractivity contribution in [2.75, 3.05) is 25.0 Å². The summed E-state index contributed by atoms with van der Waals surface area (Å²) in [5, 5.41) is 10.8. The van der Waals surface area contributed by atoms with Crippen LogP contribution in [0.5, 0.6) is 0 Å². The summed E-state index contributed by atoms with van der Waals surface area (Å²) in [4.78, 5) is 33.8. The number of nitrogens with zero attached hydrogens (tertiary/aromatic N) is 4. The molecule has 0 unspecified atom stereocenters.